The third kappa shape index (κ3) is 4.66. The Morgan fingerprint density at radius 1 is 1.41 bits per heavy atom. The molecule has 1 aromatic heterocycles. The van der Waals surface area contributed by atoms with Crippen LogP contribution >= 0.6 is 11.3 Å². The van der Waals surface area contributed by atoms with E-state index in [-0.39, 0.29) is 5.91 Å². The maximum atomic E-state index is 11.7. The Balaban J connectivity index is 2.56. The van der Waals surface area contributed by atoms with E-state index in [0.29, 0.717) is 18.2 Å². The molecule has 0 aliphatic rings. The SMILES string of the molecule is CCCN(CC(=O)N(C)C)Cc1nnc(N)s1. The van der Waals surface area contributed by atoms with Gasteiger partial charge in [0.25, 0.3) is 0 Å². The monoisotopic (exact) mass is 257 g/mol. The van der Waals surface area contributed by atoms with Gasteiger partial charge in [-0.25, -0.2) is 0 Å². The molecule has 0 atom stereocenters. The fourth-order valence-electron chi connectivity index (χ4n) is 1.38. The topological polar surface area (TPSA) is 75.4 Å². The van der Waals surface area contributed by atoms with Gasteiger partial charge in [-0.3, -0.25) is 9.69 Å². The summed E-state index contributed by atoms with van der Waals surface area (Å²) in [5.74, 6) is 0.0935. The Morgan fingerprint density at radius 3 is 2.59 bits per heavy atom. The van der Waals surface area contributed by atoms with Crippen molar-refractivity contribution < 1.29 is 4.79 Å². The van der Waals surface area contributed by atoms with E-state index in [0.717, 1.165) is 18.0 Å². The molecule has 6 nitrogen and oxygen atoms in total. The van der Waals surface area contributed by atoms with Crippen LogP contribution < -0.4 is 5.73 Å². The normalized spacial score (nSPS) is 10.8. The van der Waals surface area contributed by atoms with E-state index in [1.54, 1.807) is 19.0 Å². The molecule has 0 saturated carbocycles. The molecule has 0 spiro atoms. The van der Waals surface area contributed by atoms with Gasteiger partial charge in [-0.1, -0.05) is 18.3 Å². The zero-order valence-electron chi connectivity index (χ0n) is 10.5. The van der Waals surface area contributed by atoms with Crippen molar-refractivity contribution in [1.82, 2.24) is 20.0 Å². The summed E-state index contributed by atoms with van der Waals surface area (Å²) in [7, 11) is 3.52. The number of nitrogens with two attached hydrogens (primary N) is 1. The summed E-state index contributed by atoms with van der Waals surface area (Å²) in [6.07, 6.45) is 0.995. The summed E-state index contributed by atoms with van der Waals surface area (Å²) in [6.45, 7) is 3.98. The molecule has 17 heavy (non-hydrogen) atoms. The Kier molecular flexibility index (Phi) is 5.30. The van der Waals surface area contributed by atoms with Crippen LogP contribution in [0, 0.1) is 0 Å². The van der Waals surface area contributed by atoms with Crippen LogP contribution in [0.15, 0.2) is 0 Å². The standard InChI is InChI=1S/C10H19N5OS/c1-4-5-15(7-9(16)14(2)3)6-8-12-13-10(11)17-8/h4-7H2,1-3H3,(H2,11,13). The lowest BCUT2D eigenvalue weighted by molar-refractivity contribution is -0.130. The van der Waals surface area contributed by atoms with Gasteiger partial charge in [0.15, 0.2) is 0 Å². The van der Waals surface area contributed by atoms with Gasteiger partial charge < -0.3 is 10.6 Å². The van der Waals surface area contributed by atoms with Crippen molar-refractivity contribution in [3.05, 3.63) is 5.01 Å². The number of aromatic nitrogens is 2. The van der Waals surface area contributed by atoms with Gasteiger partial charge in [0.05, 0.1) is 13.1 Å². The Hall–Kier alpha value is -1.21. The lowest BCUT2D eigenvalue weighted by Crippen LogP contribution is -2.36. The molecule has 96 valence electrons. The Labute approximate surface area is 105 Å². The zero-order valence-corrected chi connectivity index (χ0v) is 11.3. The first-order chi connectivity index (χ1) is 8.02. The molecule has 0 radical (unpaired) electrons. The number of rotatable bonds is 6. The van der Waals surface area contributed by atoms with Crippen LogP contribution in [0.25, 0.3) is 0 Å². The van der Waals surface area contributed by atoms with Crippen LogP contribution in [0.2, 0.25) is 0 Å². The summed E-state index contributed by atoms with van der Waals surface area (Å²) in [4.78, 5) is 15.3. The second-order valence-electron chi connectivity index (χ2n) is 4.03. The molecule has 1 amide bonds. The molecule has 0 aliphatic heterocycles. The predicted molar refractivity (Wildman–Crippen MR) is 68.6 cm³/mol. The summed E-state index contributed by atoms with van der Waals surface area (Å²) in [5.41, 5.74) is 5.53. The van der Waals surface area contributed by atoms with Crippen molar-refractivity contribution in [3.63, 3.8) is 0 Å². The maximum absolute atomic E-state index is 11.7. The number of nitrogens with zero attached hydrogens (tertiary/aromatic N) is 4. The van der Waals surface area contributed by atoms with Gasteiger partial charge in [0.1, 0.15) is 5.01 Å². The molecule has 1 rings (SSSR count). The minimum atomic E-state index is 0.0935. The third-order valence-electron chi connectivity index (χ3n) is 2.24. The van der Waals surface area contributed by atoms with E-state index in [9.17, 15) is 4.79 Å². The van der Waals surface area contributed by atoms with Crippen molar-refractivity contribution in [1.29, 1.82) is 0 Å². The highest BCUT2D eigenvalue weighted by molar-refractivity contribution is 7.15. The number of nitrogen functional groups attached to an aromatic ring is 1. The first-order valence-corrected chi connectivity index (χ1v) is 6.35. The van der Waals surface area contributed by atoms with Crippen molar-refractivity contribution in [3.8, 4) is 0 Å². The Morgan fingerprint density at radius 2 is 2.12 bits per heavy atom. The smallest absolute Gasteiger partial charge is 0.236 e. The minimum absolute atomic E-state index is 0.0935. The van der Waals surface area contributed by atoms with Crippen LogP contribution in [0.5, 0.6) is 0 Å². The van der Waals surface area contributed by atoms with Gasteiger partial charge in [-0.05, 0) is 13.0 Å². The molecule has 7 heteroatoms. The minimum Gasteiger partial charge on any atom is -0.374 e. The van der Waals surface area contributed by atoms with Crippen molar-refractivity contribution in [2.45, 2.75) is 19.9 Å². The van der Waals surface area contributed by atoms with Crippen LogP contribution in [0.4, 0.5) is 5.13 Å². The van der Waals surface area contributed by atoms with E-state index in [1.807, 2.05) is 0 Å². The largest absolute Gasteiger partial charge is 0.374 e. The maximum Gasteiger partial charge on any atom is 0.236 e. The van der Waals surface area contributed by atoms with Gasteiger partial charge in [-0.15, -0.1) is 10.2 Å². The van der Waals surface area contributed by atoms with Crippen LogP contribution in [0.3, 0.4) is 0 Å². The first kappa shape index (κ1) is 13.9. The number of carbonyl (C=O) groups excluding carboxylic acids is 1. The van der Waals surface area contributed by atoms with Crippen molar-refractivity contribution in [2.24, 2.45) is 0 Å². The van der Waals surface area contributed by atoms with E-state index in [2.05, 4.69) is 22.0 Å². The van der Waals surface area contributed by atoms with E-state index in [4.69, 9.17) is 5.73 Å². The zero-order chi connectivity index (χ0) is 12.8. The summed E-state index contributed by atoms with van der Waals surface area (Å²) in [5, 5.41) is 9.05. The number of hydrogen-bond acceptors (Lipinski definition) is 6. The van der Waals surface area contributed by atoms with E-state index < -0.39 is 0 Å². The molecule has 0 aromatic carbocycles. The number of carbonyl (C=O) groups is 1. The molecular weight excluding hydrogens is 238 g/mol. The second-order valence-corrected chi connectivity index (χ2v) is 5.13. The highest BCUT2D eigenvalue weighted by atomic mass is 32.1. The highest BCUT2D eigenvalue weighted by Crippen LogP contribution is 2.13. The highest BCUT2D eigenvalue weighted by Gasteiger charge is 2.14. The van der Waals surface area contributed by atoms with Gasteiger partial charge >= 0.3 is 0 Å². The van der Waals surface area contributed by atoms with Crippen molar-refractivity contribution >= 4 is 22.4 Å². The molecule has 0 bridgehead atoms. The van der Waals surface area contributed by atoms with Gasteiger partial charge in [-0.2, -0.15) is 0 Å². The number of anilines is 1. The van der Waals surface area contributed by atoms with Crippen molar-refractivity contribution in [2.75, 3.05) is 32.9 Å². The average molecular weight is 257 g/mol. The summed E-state index contributed by atoms with van der Waals surface area (Å²) in [6, 6.07) is 0. The second kappa shape index (κ2) is 6.51. The predicted octanol–water partition coefficient (Wildman–Crippen LogP) is 0.420. The summed E-state index contributed by atoms with van der Waals surface area (Å²) < 4.78 is 0. The first-order valence-electron chi connectivity index (χ1n) is 5.53. The number of likely N-dealkylation sites (N-methyl/N-ethyl adjacent to an activating group) is 1. The van der Waals surface area contributed by atoms with Crippen LogP contribution in [0.1, 0.15) is 18.4 Å². The quantitative estimate of drug-likeness (QED) is 0.799. The number of hydrogen-bond donors (Lipinski definition) is 1. The Bertz CT molecular complexity index is 365. The number of amides is 1. The van der Waals surface area contributed by atoms with E-state index >= 15 is 0 Å². The lowest BCUT2D eigenvalue weighted by Gasteiger charge is -2.21. The molecule has 2 N–H and O–H groups in total. The molecular formula is C10H19N5OS. The lowest BCUT2D eigenvalue weighted by atomic mass is 10.3. The average Bonchev–Trinajstić information content (AvgIpc) is 2.64. The fourth-order valence-corrected chi connectivity index (χ4v) is 2.04. The molecule has 1 heterocycles. The molecule has 0 fully saturated rings. The van der Waals surface area contributed by atoms with Gasteiger partial charge in [0.2, 0.25) is 11.0 Å². The molecule has 0 aliphatic carbocycles. The molecule has 0 unspecified atom stereocenters. The van der Waals surface area contributed by atoms with Crippen LogP contribution in [-0.4, -0.2) is 53.1 Å². The molecule has 1 aromatic rings. The summed E-state index contributed by atoms with van der Waals surface area (Å²) >= 11 is 1.37. The third-order valence-corrected chi connectivity index (χ3v) is 2.98. The van der Waals surface area contributed by atoms with Gasteiger partial charge in [0, 0.05) is 14.1 Å². The van der Waals surface area contributed by atoms with Crippen LogP contribution in [-0.2, 0) is 11.3 Å². The fraction of sp³-hybridized carbons (Fsp3) is 0.700. The van der Waals surface area contributed by atoms with E-state index in [1.165, 1.54) is 11.3 Å². The molecule has 0 saturated heterocycles.